The molecule has 0 aromatic carbocycles. The highest BCUT2D eigenvalue weighted by atomic mass is 35.5. The van der Waals surface area contributed by atoms with Crippen molar-refractivity contribution < 1.29 is 14.3 Å². The number of pyridine rings is 1. The van der Waals surface area contributed by atoms with Gasteiger partial charge in [-0.05, 0) is 25.3 Å². The minimum Gasteiger partial charge on any atom is -0.353 e. The minimum atomic E-state index is -0.178. The quantitative estimate of drug-likeness (QED) is 0.776. The Morgan fingerprint density at radius 2 is 2.47 bits per heavy atom. The molecule has 17 heavy (non-hydrogen) atoms. The van der Waals surface area contributed by atoms with Crippen LogP contribution in [-0.4, -0.2) is 24.2 Å². The first-order valence-corrected chi connectivity index (χ1v) is 6.00. The maximum Gasteiger partial charge on any atom is 0.168 e. The van der Waals surface area contributed by atoms with Crippen LogP contribution in [0.25, 0.3) is 0 Å². The Morgan fingerprint density at radius 3 is 3.18 bits per heavy atom. The molecule has 1 aliphatic heterocycles. The number of nitrogens with zero attached hydrogens (tertiary/aromatic N) is 1. The number of aromatic nitrogens is 1. The van der Waals surface area contributed by atoms with E-state index in [0.717, 1.165) is 25.9 Å². The molecule has 0 N–H and O–H groups in total. The van der Waals surface area contributed by atoms with E-state index < -0.39 is 0 Å². The first-order chi connectivity index (χ1) is 8.29. The second-order valence-electron chi connectivity index (χ2n) is 3.92. The zero-order valence-electron chi connectivity index (χ0n) is 9.39. The van der Waals surface area contributed by atoms with E-state index in [-0.39, 0.29) is 6.29 Å². The van der Waals surface area contributed by atoms with Gasteiger partial charge in [0, 0.05) is 18.4 Å². The van der Waals surface area contributed by atoms with Crippen LogP contribution in [0.1, 0.15) is 35.3 Å². The summed E-state index contributed by atoms with van der Waals surface area (Å²) < 4.78 is 11.0. The zero-order chi connectivity index (χ0) is 12.1. The van der Waals surface area contributed by atoms with Crippen molar-refractivity contribution in [1.82, 2.24) is 4.98 Å². The van der Waals surface area contributed by atoms with Crippen LogP contribution in [-0.2, 0) is 16.1 Å². The van der Waals surface area contributed by atoms with Gasteiger partial charge in [-0.3, -0.25) is 9.78 Å². The smallest absolute Gasteiger partial charge is 0.168 e. The van der Waals surface area contributed by atoms with Gasteiger partial charge in [0.05, 0.1) is 11.6 Å². The lowest BCUT2D eigenvalue weighted by Gasteiger charge is -2.22. The van der Waals surface area contributed by atoms with Gasteiger partial charge in [0.1, 0.15) is 5.69 Å². The standard InChI is InChI=1S/C12H14ClNO3/c13-10-5-9(11(7-15)14-6-10)8-17-12-3-1-2-4-16-12/h5-7,12H,1-4,8H2/t12-/m1/s1. The monoisotopic (exact) mass is 255 g/mol. The Morgan fingerprint density at radius 1 is 1.59 bits per heavy atom. The van der Waals surface area contributed by atoms with E-state index in [2.05, 4.69) is 4.98 Å². The SMILES string of the molecule is O=Cc1ncc(Cl)cc1CO[C@@H]1CCCCO1. The molecule has 0 amide bonds. The highest BCUT2D eigenvalue weighted by Crippen LogP contribution is 2.18. The highest BCUT2D eigenvalue weighted by molar-refractivity contribution is 6.30. The summed E-state index contributed by atoms with van der Waals surface area (Å²) in [6, 6.07) is 1.70. The van der Waals surface area contributed by atoms with Gasteiger partial charge in [-0.2, -0.15) is 0 Å². The number of carbonyl (C=O) groups excluding carboxylic acids is 1. The summed E-state index contributed by atoms with van der Waals surface area (Å²) in [6.45, 7) is 1.03. The van der Waals surface area contributed by atoms with Crippen LogP contribution < -0.4 is 0 Å². The largest absolute Gasteiger partial charge is 0.353 e. The number of carbonyl (C=O) groups is 1. The number of halogens is 1. The summed E-state index contributed by atoms with van der Waals surface area (Å²) >= 11 is 5.83. The van der Waals surface area contributed by atoms with Crippen molar-refractivity contribution in [2.75, 3.05) is 6.61 Å². The van der Waals surface area contributed by atoms with E-state index in [9.17, 15) is 4.79 Å². The average molecular weight is 256 g/mol. The molecule has 1 saturated heterocycles. The van der Waals surface area contributed by atoms with E-state index in [4.69, 9.17) is 21.1 Å². The fourth-order valence-electron chi connectivity index (χ4n) is 1.74. The highest BCUT2D eigenvalue weighted by Gasteiger charge is 2.15. The second kappa shape index (κ2) is 6.10. The van der Waals surface area contributed by atoms with Gasteiger partial charge >= 0.3 is 0 Å². The number of aldehydes is 1. The predicted molar refractivity (Wildman–Crippen MR) is 63.0 cm³/mol. The van der Waals surface area contributed by atoms with E-state index >= 15 is 0 Å². The number of rotatable bonds is 4. The molecule has 2 rings (SSSR count). The summed E-state index contributed by atoms with van der Waals surface area (Å²) in [4.78, 5) is 14.7. The summed E-state index contributed by atoms with van der Waals surface area (Å²) in [5.74, 6) is 0. The van der Waals surface area contributed by atoms with Crippen molar-refractivity contribution in [1.29, 1.82) is 0 Å². The summed E-state index contributed by atoms with van der Waals surface area (Å²) in [5, 5.41) is 0.499. The van der Waals surface area contributed by atoms with Crippen LogP contribution in [0.4, 0.5) is 0 Å². The van der Waals surface area contributed by atoms with Crippen LogP contribution in [0.2, 0.25) is 5.02 Å². The Balaban J connectivity index is 1.97. The third kappa shape index (κ3) is 3.49. The fraction of sp³-hybridized carbons (Fsp3) is 0.500. The molecule has 1 aromatic rings. The summed E-state index contributed by atoms with van der Waals surface area (Å²) in [7, 11) is 0. The first kappa shape index (κ1) is 12.5. The van der Waals surface area contributed by atoms with Crippen LogP contribution in [0.15, 0.2) is 12.3 Å². The number of hydrogen-bond acceptors (Lipinski definition) is 4. The van der Waals surface area contributed by atoms with Gasteiger partial charge < -0.3 is 9.47 Å². The lowest BCUT2D eigenvalue weighted by atomic mass is 10.2. The predicted octanol–water partition coefficient (Wildman–Crippen LogP) is 2.59. The molecule has 1 fully saturated rings. The van der Waals surface area contributed by atoms with E-state index in [1.807, 2.05) is 0 Å². The van der Waals surface area contributed by atoms with Gasteiger partial charge in [0.2, 0.25) is 0 Å². The average Bonchev–Trinajstić information content (AvgIpc) is 2.38. The minimum absolute atomic E-state index is 0.178. The molecule has 0 radical (unpaired) electrons. The van der Waals surface area contributed by atoms with Crippen LogP contribution in [0.3, 0.4) is 0 Å². The van der Waals surface area contributed by atoms with Gasteiger partial charge in [-0.15, -0.1) is 0 Å². The van der Waals surface area contributed by atoms with Gasteiger partial charge in [-0.1, -0.05) is 11.6 Å². The Bertz CT molecular complexity index is 391. The third-order valence-corrected chi connectivity index (χ3v) is 2.85. The molecule has 0 bridgehead atoms. The van der Waals surface area contributed by atoms with Gasteiger partial charge in [-0.25, -0.2) is 0 Å². The molecule has 0 saturated carbocycles. The van der Waals surface area contributed by atoms with E-state index in [1.165, 1.54) is 6.20 Å². The summed E-state index contributed by atoms with van der Waals surface area (Å²) in [5.41, 5.74) is 1.06. The van der Waals surface area contributed by atoms with Crippen molar-refractivity contribution in [2.24, 2.45) is 0 Å². The Labute approximate surface area is 105 Å². The Kier molecular flexibility index (Phi) is 4.48. The van der Waals surface area contributed by atoms with E-state index in [0.29, 0.717) is 29.2 Å². The normalized spacial score (nSPS) is 20.2. The molecule has 92 valence electrons. The second-order valence-corrected chi connectivity index (χ2v) is 4.36. The van der Waals surface area contributed by atoms with Crippen molar-refractivity contribution in [3.63, 3.8) is 0 Å². The Hall–Kier alpha value is -0.970. The fourth-order valence-corrected chi connectivity index (χ4v) is 1.92. The topological polar surface area (TPSA) is 48.4 Å². The molecular weight excluding hydrogens is 242 g/mol. The van der Waals surface area contributed by atoms with Gasteiger partial charge in [0.25, 0.3) is 0 Å². The lowest BCUT2D eigenvalue weighted by Crippen LogP contribution is -2.22. The number of hydrogen-bond donors (Lipinski definition) is 0. The van der Waals surface area contributed by atoms with Crippen LogP contribution >= 0.6 is 11.6 Å². The molecule has 1 atom stereocenters. The molecule has 1 aromatic heterocycles. The zero-order valence-corrected chi connectivity index (χ0v) is 10.2. The molecule has 0 spiro atoms. The molecular formula is C12H14ClNO3. The van der Waals surface area contributed by atoms with Gasteiger partial charge in [0.15, 0.2) is 12.6 Å². The maximum absolute atomic E-state index is 10.8. The first-order valence-electron chi connectivity index (χ1n) is 5.62. The van der Waals surface area contributed by atoms with Crippen molar-refractivity contribution in [3.8, 4) is 0 Å². The van der Waals surface area contributed by atoms with E-state index in [1.54, 1.807) is 6.07 Å². The lowest BCUT2D eigenvalue weighted by molar-refractivity contribution is -0.169. The van der Waals surface area contributed by atoms with Crippen molar-refractivity contribution in [3.05, 3.63) is 28.5 Å². The molecule has 4 nitrogen and oxygen atoms in total. The van der Waals surface area contributed by atoms with Crippen molar-refractivity contribution >= 4 is 17.9 Å². The molecule has 0 unspecified atom stereocenters. The summed E-state index contributed by atoms with van der Waals surface area (Å²) in [6.07, 6.45) is 5.06. The number of ether oxygens (including phenoxy) is 2. The molecule has 5 heteroatoms. The molecule has 2 heterocycles. The van der Waals surface area contributed by atoms with Crippen LogP contribution in [0.5, 0.6) is 0 Å². The maximum atomic E-state index is 10.8. The third-order valence-electron chi connectivity index (χ3n) is 2.64. The van der Waals surface area contributed by atoms with Crippen LogP contribution in [0, 0.1) is 0 Å². The molecule has 0 aliphatic carbocycles. The molecule has 1 aliphatic rings. The van der Waals surface area contributed by atoms with Crippen molar-refractivity contribution in [2.45, 2.75) is 32.2 Å².